The molecule has 2 atom stereocenters. The fourth-order valence-electron chi connectivity index (χ4n) is 1.37. The SMILES string of the molecule is CCCC(C)C(=O)N[C@@H](CCSC)C(=O)O. The third kappa shape index (κ3) is 6.00. The Bertz CT molecular complexity index is 233. The molecular weight excluding hydrogens is 226 g/mol. The van der Waals surface area contributed by atoms with Gasteiger partial charge in [0.05, 0.1) is 0 Å². The molecule has 0 spiro atoms. The number of hydrogen-bond acceptors (Lipinski definition) is 3. The minimum Gasteiger partial charge on any atom is -0.480 e. The van der Waals surface area contributed by atoms with E-state index in [1.165, 1.54) is 0 Å². The van der Waals surface area contributed by atoms with Crippen molar-refractivity contribution in [3.8, 4) is 0 Å². The molecule has 1 unspecified atom stereocenters. The third-order valence-corrected chi connectivity index (χ3v) is 3.04. The van der Waals surface area contributed by atoms with Gasteiger partial charge in [0.1, 0.15) is 6.04 Å². The average molecular weight is 247 g/mol. The molecule has 0 aliphatic rings. The Hall–Kier alpha value is -0.710. The van der Waals surface area contributed by atoms with E-state index in [0.717, 1.165) is 18.6 Å². The maximum atomic E-state index is 11.6. The van der Waals surface area contributed by atoms with Gasteiger partial charge in [-0.1, -0.05) is 20.3 Å². The van der Waals surface area contributed by atoms with Crippen molar-refractivity contribution >= 4 is 23.6 Å². The topological polar surface area (TPSA) is 66.4 Å². The van der Waals surface area contributed by atoms with E-state index in [-0.39, 0.29) is 11.8 Å². The van der Waals surface area contributed by atoms with Crippen LogP contribution in [-0.2, 0) is 9.59 Å². The zero-order chi connectivity index (χ0) is 12.6. The Balaban J connectivity index is 4.17. The summed E-state index contributed by atoms with van der Waals surface area (Å²) in [5.41, 5.74) is 0. The third-order valence-electron chi connectivity index (χ3n) is 2.39. The van der Waals surface area contributed by atoms with Gasteiger partial charge in [0.25, 0.3) is 0 Å². The fourth-order valence-corrected chi connectivity index (χ4v) is 1.84. The van der Waals surface area contributed by atoms with Gasteiger partial charge < -0.3 is 10.4 Å². The van der Waals surface area contributed by atoms with Crippen LogP contribution < -0.4 is 5.32 Å². The predicted molar refractivity (Wildman–Crippen MR) is 66.6 cm³/mol. The van der Waals surface area contributed by atoms with Crippen molar-refractivity contribution in [2.45, 2.75) is 39.2 Å². The van der Waals surface area contributed by atoms with Crippen molar-refractivity contribution in [1.29, 1.82) is 0 Å². The highest BCUT2D eigenvalue weighted by atomic mass is 32.2. The van der Waals surface area contributed by atoms with Gasteiger partial charge in [-0.3, -0.25) is 4.79 Å². The molecule has 0 heterocycles. The maximum absolute atomic E-state index is 11.6. The molecule has 2 N–H and O–H groups in total. The van der Waals surface area contributed by atoms with Crippen molar-refractivity contribution in [1.82, 2.24) is 5.32 Å². The first kappa shape index (κ1) is 15.3. The van der Waals surface area contributed by atoms with Crippen LogP contribution in [0, 0.1) is 5.92 Å². The summed E-state index contributed by atoms with van der Waals surface area (Å²) < 4.78 is 0. The van der Waals surface area contributed by atoms with E-state index in [4.69, 9.17) is 5.11 Å². The fraction of sp³-hybridized carbons (Fsp3) is 0.818. The van der Waals surface area contributed by atoms with Gasteiger partial charge in [-0.2, -0.15) is 11.8 Å². The van der Waals surface area contributed by atoms with Crippen LogP contribution in [0.25, 0.3) is 0 Å². The summed E-state index contributed by atoms with van der Waals surface area (Å²) >= 11 is 1.58. The van der Waals surface area contributed by atoms with Gasteiger partial charge in [0, 0.05) is 5.92 Å². The summed E-state index contributed by atoms with van der Waals surface area (Å²) in [5.74, 6) is -0.484. The lowest BCUT2D eigenvalue weighted by Crippen LogP contribution is -2.43. The van der Waals surface area contributed by atoms with E-state index in [1.54, 1.807) is 11.8 Å². The molecule has 16 heavy (non-hydrogen) atoms. The van der Waals surface area contributed by atoms with Crippen molar-refractivity contribution in [2.75, 3.05) is 12.0 Å². The Morgan fingerprint density at radius 2 is 2.00 bits per heavy atom. The number of nitrogens with one attached hydrogen (secondary N) is 1. The van der Waals surface area contributed by atoms with Crippen molar-refractivity contribution in [2.24, 2.45) is 5.92 Å². The zero-order valence-electron chi connectivity index (χ0n) is 10.2. The summed E-state index contributed by atoms with van der Waals surface area (Å²) in [6.45, 7) is 3.83. The average Bonchev–Trinajstić information content (AvgIpc) is 2.23. The van der Waals surface area contributed by atoms with Crippen molar-refractivity contribution in [3.05, 3.63) is 0 Å². The highest BCUT2D eigenvalue weighted by Crippen LogP contribution is 2.07. The lowest BCUT2D eigenvalue weighted by atomic mass is 10.0. The Labute approximate surface area is 101 Å². The Morgan fingerprint density at radius 1 is 1.38 bits per heavy atom. The highest BCUT2D eigenvalue weighted by Gasteiger charge is 2.21. The molecule has 1 amide bonds. The molecule has 0 bridgehead atoms. The molecule has 0 aliphatic heterocycles. The number of rotatable bonds is 8. The lowest BCUT2D eigenvalue weighted by Gasteiger charge is -2.17. The number of aliphatic carboxylic acids is 1. The van der Waals surface area contributed by atoms with E-state index in [9.17, 15) is 9.59 Å². The summed E-state index contributed by atoms with van der Waals surface area (Å²) in [6, 6.07) is -0.751. The number of carbonyl (C=O) groups excluding carboxylic acids is 1. The molecular formula is C11H21NO3S. The van der Waals surface area contributed by atoms with E-state index < -0.39 is 12.0 Å². The van der Waals surface area contributed by atoms with Crippen LogP contribution in [0.1, 0.15) is 33.1 Å². The molecule has 94 valence electrons. The van der Waals surface area contributed by atoms with Gasteiger partial charge in [0.2, 0.25) is 5.91 Å². The first-order chi connectivity index (χ1) is 7.52. The molecule has 0 aromatic heterocycles. The monoisotopic (exact) mass is 247 g/mol. The van der Waals surface area contributed by atoms with Crippen LogP contribution in [0.5, 0.6) is 0 Å². The quantitative estimate of drug-likeness (QED) is 0.685. The van der Waals surface area contributed by atoms with E-state index in [0.29, 0.717) is 6.42 Å². The largest absolute Gasteiger partial charge is 0.480 e. The molecule has 0 radical (unpaired) electrons. The molecule has 0 rings (SSSR count). The second kappa shape index (κ2) is 8.44. The van der Waals surface area contributed by atoms with Gasteiger partial charge in [-0.15, -0.1) is 0 Å². The van der Waals surface area contributed by atoms with Crippen LogP contribution in [-0.4, -0.2) is 35.0 Å². The minimum absolute atomic E-state index is 0.110. The number of carbonyl (C=O) groups is 2. The van der Waals surface area contributed by atoms with Crippen LogP contribution in [0.4, 0.5) is 0 Å². The molecule has 5 heteroatoms. The molecule has 0 aliphatic carbocycles. The van der Waals surface area contributed by atoms with Gasteiger partial charge in [-0.05, 0) is 24.9 Å². The number of carboxylic acid groups (broad SMARTS) is 1. The summed E-state index contributed by atoms with van der Waals surface area (Å²) in [7, 11) is 0. The highest BCUT2D eigenvalue weighted by molar-refractivity contribution is 7.98. The van der Waals surface area contributed by atoms with E-state index >= 15 is 0 Å². The number of hydrogen-bond donors (Lipinski definition) is 2. The normalized spacial score (nSPS) is 14.2. The molecule has 0 aromatic rings. The van der Waals surface area contributed by atoms with Gasteiger partial charge in [0.15, 0.2) is 0 Å². The molecule has 0 saturated carbocycles. The van der Waals surface area contributed by atoms with Crippen LogP contribution >= 0.6 is 11.8 Å². The maximum Gasteiger partial charge on any atom is 0.326 e. The second-order valence-corrected chi connectivity index (χ2v) is 4.86. The van der Waals surface area contributed by atoms with Crippen molar-refractivity contribution < 1.29 is 14.7 Å². The Kier molecular flexibility index (Phi) is 8.07. The molecule has 4 nitrogen and oxygen atoms in total. The zero-order valence-corrected chi connectivity index (χ0v) is 11.0. The standard InChI is InChI=1S/C11H21NO3S/c1-4-5-8(2)10(13)12-9(11(14)15)6-7-16-3/h8-9H,4-7H2,1-3H3,(H,12,13)(H,14,15)/t8?,9-/m0/s1. The first-order valence-corrected chi connectivity index (χ1v) is 6.94. The second-order valence-electron chi connectivity index (χ2n) is 3.87. The summed E-state index contributed by atoms with van der Waals surface area (Å²) in [4.78, 5) is 22.5. The summed E-state index contributed by atoms with van der Waals surface area (Å²) in [6.07, 6.45) is 4.11. The number of carboxylic acids is 1. The predicted octanol–water partition coefficient (Wildman–Crippen LogP) is 1.75. The van der Waals surface area contributed by atoms with E-state index in [2.05, 4.69) is 5.32 Å². The number of amides is 1. The minimum atomic E-state index is -0.953. The summed E-state index contributed by atoms with van der Waals surface area (Å²) in [5, 5.41) is 11.5. The first-order valence-electron chi connectivity index (χ1n) is 5.55. The van der Waals surface area contributed by atoms with Gasteiger partial charge >= 0.3 is 5.97 Å². The smallest absolute Gasteiger partial charge is 0.326 e. The van der Waals surface area contributed by atoms with E-state index in [1.807, 2.05) is 20.1 Å². The Morgan fingerprint density at radius 3 is 2.44 bits per heavy atom. The van der Waals surface area contributed by atoms with Crippen LogP contribution in [0.2, 0.25) is 0 Å². The molecule has 0 fully saturated rings. The van der Waals surface area contributed by atoms with Crippen molar-refractivity contribution in [3.63, 3.8) is 0 Å². The van der Waals surface area contributed by atoms with Crippen LogP contribution in [0.3, 0.4) is 0 Å². The molecule has 0 saturated heterocycles. The number of thioether (sulfide) groups is 1. The van der Waals surface area contributed by atoms with Crippen LogP contribution in [0.15, 0.2) is 0 Å². The lowest BCUT2D eigenvalue weighted by molar-refractivity contribution is -0.142. The van der Waals surface area contributed by atoms with Gasteiger partial charge in [-0.25, -0.2) is 4.79 Å². The molecule has 0 aromatic carbocycles.